The minimum absolute atomic E-state index is 0.241. The Hall–Kier alpha value is -1.15. The largest absolute Gasteiger partial charge is 0.369 e. The molecule has 0 radical (unpaired) electrons. The lowest BCUT2D eigenvalue weighted by atomic mass is 10.3. The molecule has 0 bridgehead atoms. The van der Waals surface area contributed by atoms with Crippen LogP contribution in [0.5, 0.6) is 0 Å². The Bertz CT molecular complexity index is 706. The zero-order valence-corrected chi connectivity index (χ0v) is 12.2. The van der Waals surface area contributed by atoms with Crippen molar-refractivity contribution >= 4 is 50.9 Å². The highest BCUT2D eigenvalue weighted by Crippen LogP contribution is 2.24. The summed E-state index contributed by atoms with van der Waals surface area (Å²) in [6.07, 6.45) is 0. The van der Waals surface area contributed by atoms with E-state index in [1.165, 1.54) is 6.07 Å². The van der Waals surface area contributed by atoms with Gasteiger partial charge in [0, 0.05) is 6.07 Å². The number of hydrogen-bond acceptors (Lipinski definition) is 3. The van der Waals surface area contributed by atoms with Crippen LogP contribution in [0, 0.1) is 9.39 Å². The lowest BCUT2D eigenvalue weighted by Gasteiger charge is -2.05. The van der Waals surface area contributed by atoms with Crippen molar-refractivity contribution in [2.24, 2.45) is 0 Å². The van der Waals surface area contributed by atoms with E-state index < -0.39 is 0 Å². The molecule has 0 atom stereocenters. The van der Waals surface area contributed by atoms with Crippen molar-refractivity contribution in [2.45, 2.75) is 6.54 Å². The van der Waals surface area contributed by atoms with E-state index in [1.54, 1.807) is 17.4 Å². The maximum Gasteiger partial charge on any atom is 0.201 e. The molecular weight excluding hydrogens is 364 g/mol. The van der Waals surface area contributed by atoms with E-state index in [0.717, 1.165) is 16.6 Å². The summed E-state index contributed by atoms with van der Waals surface area (Å²) >= 11 is 3.58. The summed E-state index contributed by atoms with van der Waals surface area (Å²) in [4.78, 5) is 4.27. The molecule has 18 heavy (non-hydrogen) atoms. The monoisotopic (exact) mass is 373 g/mol. The van der Waals surface area contributed by atoms with Crippen molar-refractivity contribution in [2.75, 3.05) is 5.73 Å². The lowest BCUT2D eigenvalue weighted by molar-refractivity contribution is 0.621. The SMILES string of the molecule is Nc1nc2cc(I)c(F)cc2n1Cc1ccsc1. The van der Waals surface area contributed by atoms with Crippen LogP contribution in [0.3, 0.4) is 0 Å². The molecule has 3 aromatic rings. The van der Waals surface area contributed by atoms with Crippen LogP contribution in [0.4, 0.5) is 10.3 Å². The van der Waals surface area contributed by atoms with Gasteiger partial charge in [-0.2, -0.15) is 11.3 Å². The number of nitrogen functional groups attached to an aromatic ring is 1. The number of rotatable bonds is 2. The topological polar surface area (TPSA) is 43.8 Å². The zero-order valence-electron chi connectivity index (χ0n) is 9.23. The van der Waals surface area contributed by atoms with Crippen LogP contribution in [-0.2, 0) is 6.54 Å². The molecular formula is C12H9FIN3S. The van der Waals surface area contributed by atoms with E-state index in [4.69, 9.17) is 5.73 Å². The number of aromatic nitrogens is 2. The highest BCUT2D eigenvalue weighted by molar-refractivity contribution is 14.1. The molecule has 0 saturated carbocycles. The summed E-state index contributed by atoms with van der Waals surface area (Å²) in [7, 11) is 0. The van der Waals surface area contributed by atoms with Crippen LogP contribution in [0.1, 0.15) is 5.56 Å². The first-order valence-electron chi connectivity index (χ1n) is 5.27. The maximum absolute atomic E-state index is 13.6. The number of imidazole rings is 1. The second-order valence-corrected chi connectivity index (χ2v) is 5.89. The second kappa shape index (κ2) is 4.51. The van der Waals surface area contributed by atoms with Crippen molar-refractivity contribution in [1.29, 1.82) is 0 Å². The summed E-state index contributed by atoms with van der Waals surface area (Å²) in [5.41, 5.74) is 8.51. The van der Waals surface area contributed by atoms with E-state index in [1.807, 2.05) is 44.0 Å². The van der Waals surface area contributed by atoms with Crippen LogP contribution in [0.2, 0.25) is 0 Å². The molecule has 1 aromatic carbocycles. The summed E-state index contributed by atoms with van der Waals surface area (Å²) in [5.74, 6) is 0.173. The van der Waals surface area contributed by atoms with Gasteiger partial charge in [-0.1, -0.05) is 0 Å². The maximum atomic E-state index is 13.6. The van der Waals surface area contributed by atoms with Crippen molar-refractivity contribution in [1.82, 2.24) is 9.55 Å². The molecule has 2 N–H and O–H groups in total. The average Bonchev–Trinajstić information content (AvgIpc) is 2.92. The first kappa shape index (κ1) is 11.9. The summed E-state index contributed by atoms with van der Waals surface area (Å²) in [5, 5.41) is 4.06. The number of nitrogens with zero attached hydrogens (tertiary/aromatic N) is 2. The molecule has 0 aliphatic heterocycles. The Balaban J connectivity index is 2.16. The van der Waals surface area contributed by atoms with Gasteiger partial charge in [0.25, 0.3) is 0 Å². The van der Waals surface area contributed by atoms with Crippen molar-refractivity contribution in [3.8, 4) is 0 Å². The van der Waals surface area contributed by atoms with Crippen molar-refractivity contribution in [3.05, 3.63) is 43.9 Å². The summed E-state index contributed by atoms with van der Waals surface area (Å²) in [6, 6.07) is 5.23. The molecule has 2 aromatic heterocycles. The van der Waals surface area contributed by atoms with E-state index in [0.29, 0.717) is 16.1 Å². The van der Waals surface area contributed by atoms with Gasteiger partial charge in [0.1, 0.15) is 5.82 Å². The molecule has 92 valence electrons. The summed E-state index contributed by atoms with van der Waals surface area (Å²) < 4.78 is 16.0. The van der Waals surface area contributed by atoms with Gasteiger partial charge >= 0.3 is 0 Å². The number of thiophene rings is 1. The van der Waals surface area contributed by atoms with Gasteiger partial charge in [0.05, 0.1) is 21.1 Å². The molecule has 0 amide bonds. The predicted molar refractivity (Wildman–Crippen MR) is 80.2 cm³/mol. The molecule has 3 rings (SSSR count). The Labute approximate surface area is 121 Å². The molecule has 0 aliphatic carbocycles. The molecule has 0 spiro atoms. The number of fused-ring (bicyclic) bond motifs is 1. The van der Waals surface area contributed by atoms with Gasteiger partial charge in [-0.05, 0) is 51.0 Å². The number of anilines is 1. The number of nitrogens with two attached hydrogens (primary N) is 1. The van der Waals surface area contributed by atoms with Crippen LogP contribution in [0.25, 0.3) is 11.0 Å². The molecule has 2 heterocycles. The lowest BCUT2D eigenvalue weighted by Crippen LogP contribution is -2.03. The van der Waals surface area contributed by atoms with Gasteiger partial charge in [0.15, 0.2) is 0 Å². The van der Waals surface area contributed by atoms with Crippen LogP contribution in [0.15, 0.2) is 29.0 Å². The third-order valence-electron chi connectivity index (χ3n) is 2.74. The molecule has 6 heteroatoms. The number of hydrogen-bond donors (Lipinski definition) is 1. The fourth-order valence-corrected chi connectivity index (χ4v) is 2.98. The molecule has 0 saturated heterocycles. The summed E-state index contributed by atoms with van der Waals surface area (Å²) in [6.45, 7) is 0.617. The van der Waals surface area contributed by atoms with Crippen molar-refractivity contribution < 1.29 is 4.39 Å². The molecule has 0 aliphatic rings. The normalized spacial score (nSPS) is 11.2. The highest BCUT2D eigenvalue weighted by atomic mass is 127. The van der Waals surface area contributed by atoms with E-state index in [-0.39, 0.29) is 5.82 Å². The highest BCUT2D eigenvalue weighted by Gasteiger charge is 2.11. The minimum atomic E-state index is -0.241. The van der Waals surface area contributed by atoms with Gasteiger partial charge in [-0.25, -0.2) is 9.37 Å². The van der Waals surface area contributed by atoms with Crippen LogP contribution >= 0.6 is 33.9 Å². The third kappa shape index (κ3) is 1.99. The van der Waals surface area contributed by atoms with E-state index >= 15 is 0 Å². The van der Waals surface area contributed by atoms with Crippen LogP contribution in [-0.4, -0.2) is 9.55 Å². The van der Waals surface area contributed by atoms with Gasteiger partial charge in [-0.15, -0.1) is 0 Å². The first-order chi connectivity index (χ1) is 8.65. The van der Waals surface area contributed by atoms with Gasteiger partial charge in [0.2, 0.25) is 5.95 Å². The Kier molecular flexibility index (Phi) is 2.98. The molecule has 0 fully saturated rings. The fraction of sp³-hybridized carbons (Fsp3) is 0.0833. The zero-order chi connectivity index (χ0) is 12.7. The standard InChI is InChI=1S/C12H9FIN3S/c13-8-3-11-10(4-9(8)14)16-12(15)17(11)5-7-1-2-18-6-7/h1-4,6H,5H2,(H2,15,16). The van der Waals surface area contributed by atoms with E-state index in [2.05, 4.69) is 4.98 Å². The smallest absolute Gasteiger partial charge is 0.201 e. The van der Waals surface area contributed by atoms with Gasteiger partial charge in [-0.3, -0.25) is 0 Å². The fourth-order valence-electron chi connectivity index (χ4n) is 1.87. The predicted octanol–water partition coefficient (Wildman–Crippen LogP) is 3.47. The molecule has 3 nitrogen and oxygen atoms in total. The van der Waals surface area contributed by atoms with Crippen molar-refractivity contribution in [3.63, 3.8) is 0 Å². The van der Waals surface area contributed by atoms with E-state index in [9.17, 15) is 4.39 Å². The average molecular weight is 373 g/mol. The Morgan fingerprint density at radius 1 is 1.44 bits per heavy atom. The first-order valence-corrected chi connectivity index (χ1v) is 7.29. The van der Waals surface area contributed by atoms with Gasteiger partial charge < -0.3 is 10.3 Å². The second-order valence-electron chi connectivity index (χ2n) is 3.94. The Morgan fingerprint density at radius 2 is 2.28 bits per heavy atom. The minimum Gasteiger partial charge on any atom is -0.369 e. The van der Waals surface area contributed by atoms with Crippen LogP contribution < -0.4 is 5.73 Å². The number of benzene rings is 1. The quantitative estimate of drug-likeness (QED) is 0.700. The molecule has 0 unspecified atom stereocenters. The Morgan fingerprint density at radius 3 is 3.00 bits per heavy atom. The third-order valence-corrected chi connectivity index (χ3v) is 4.30. The number of halogens is 2.